The minimum Gasteiger partial charge on any atom is -0.380 e. The normalized spacial score (nSPS) is 27.1. The number of anilines is 1. The van der Waals surface area contributed by atoms with Crippen LogP contribution in [0.1, 0.15) is 31.7 Å². The minimum absolute atomic E-state index is 0.127. The number of nitrogens with one attached hydrogen (secondary N) is 1. The van der Waals surface area contributed by atoms with Crippen molar-refractivity contribution in [3.05, 3.63) is 28.8 Å². The molecular formula is C15H18ClF3N2. The molecule has 0 bridgehead atoms. The molecule has 6 heteroatoms. The molecule has 0 aromatic heterocycles. The van der Waals surface area contributed by atoms with Gasteiger partial charge in [0.1, 0.15) is 0 Å². The molecule has 1 saturated carbocycles. The first-order valence-corrected chi connectivity index (χ1v) is 7.61. The van der Waals surface area contributed by atoms with Crippen molar-refractivity contribution in [1.29, 1.82) is 0 Å². The molecule has 3 rings (SSSR count). The summed E-state index contributed by atoms with van der Waals surface area (Å²) in [6.45, 7) is 3.14. The predicted octanol–water partition coefficient (Wildman–Crippen LogP) is 4.40. The van der Waals surface area contributed by atoms with E-state index in [4.69, 9.17) is 11.6 Å². The molecule has 2 unspecified atom stereocenters. The molecule has 1 aromatic carbocycles. The van der Waals surface area contributed by atoms with Crippen LogP contribution >= 0.6 is 11.6 Å². The zero-order chi connectivity index (χ0) is 15.2. The molecular weight excluding hydrogens is 301 g/mol. The van der Waals surface area contributed by atoms with E-state index in [1.807, 2.05) is 0 Å². The summed E-state index contributed by atoms with van der Waals surface area (Å²) < 4.78 is 37.9. The van der Waals surface area contributed by atoms with Crippen molar-refractivity contribution in [3.63, 3.8) is 0 Å². The minimum atomic E-state index is -4.35. The van der Waals surface area contributed by atoms with E-state index in [0.717, 1.165) is 25.1 Å². The van der Waals surface area contributed by atoms with E-state index >= 15 is 0 Å². The maximum atomic E-state index is 12.6. The molecule has 1 saturated heterocycles. The van der Waals surface area contributed by atoms with Crippen LogP contribution in [0.4, 0.5) is 18.9 Å². The van der Waals surface area contributed by atoms with E-state index in [1.54, 1.807) is 0 Å². The quantitative estimate of drug-likeness (QED) is 0.889. The third kappa shape index (κ3) is 3.29. The van der Waals surface area contributed by atoms with Gasteiger partial charge in [-0.25, -0.2) is 0 Å². The highest BCUT2D eigenvalue weighted by Crippen LogP contribution is 2.36. The molecule has 2 nitrogen and oxygen atoms in total. The monoisotopic (exact) mass is 318 g/mol. The van der Waals surface area contributed by atoms with Gasteiger partial charge in [-0.2, -0.15) is 13.2 Å². The van der Waals surface area contributed by atoms with Gasteiger partial charge in [0.2, 0.25) is 0 Å². The first kappa shape index (κ1) is 15.0. The van der Waals surface area contributed by atoms with Gasteiger partial charge in [0, 0.05) is 24.7 Å². The third-order valence-electron chi connectivity index (χ3n) is 4.29. The summed E-state index contributed by atoms with van der Waals surface area (Å²) in [5, 5.41) is 3.42. The lowest BCUT2D eigenvalue weighted by molar-refractivity contribution is -0.137. The summed E-state index contributed by atoms with van der Waals surface area (Å²) >= 11 is 5.99. The van der Waals surface area contributed by atoms with Crippen LogP contribution in [0.15, 0.2) is 18.2 Å². The molecule has 2 atom stereocenters. The molecule has 21 heavy (non-hydrogen) atoms. The Morgan fingerprint density at radius 3 is 2.57 bits per heavy atom. The third-order valence-corrected chi connectivity index (χ3v) is 4.61. The summed E-state index contributed by atoms with van der Waals surface area (Å²) in [5.74, 6) is 0. The Hall–Kier alpha value is -0.940. The Kier molecular flexibility index (Phi) is 3.82. The van der Waals surface area contributed by atoms with Crippen molar-refractivity contribution in [2.75, 3.05) is 11.9 Å². The first-order valence-electron chi connectivity index (χ1n) is 7.23. The summed E-state index contributed by atoms with van der Waals surface area (Å²) in [4.78, 5) is 2.48. The second-order valence-corrected chi connectivity index (χ2v) is 6.45. The highest BCUT2D eigenvalue weighted by molar-refractivity contribution is 6.33. The van der Waals surface area contributed by atoms with Crippen LogP contribution in [-0.2, 0) is 6.18 Å². The van der Waals surface area contributed by atoms with Gasteiger partial charge in [-0.05, 0) is 44.4 Å². The number of likely N-dealkylation sites (tertiary alicyclic amines) is 1. The van der Waals surface area contributed by atoms with Crippen molar-refractivity contribution in [2.24, 2.45) is 0 Å². The Bertz CT molecular complexity index is 528. The van der Waals surface area contributed by atoms with Crippen LogP contribution < -0.4 is 5.32 Å². The molecule has 116 valence electrons. The van der Waals surface area contributed by atoms with Gasteiger partial charge in [-0.15, -0.1) is 0 Å². The predicted molar refractivity (Wildman–Crippen MR) is 77.7 cm³/mol. The zero-order valence-electron chi connectivity index (χ0n) is 11.8. The van der Waals surface area contributed by atoms with Crippen LogP contribution in [0.25, 0.3) is 0 Å². The van der Waals surface area contributed by atoms with Crippen molar-refractivity contribution in [2.45, 2.75) is 50.5 Å². The Labute approximate surface area is 127 Å². The van der Waals surface area contributed by atoms with Crippen LogP contribution in [0.2, 0.25) is 5.02 Å². The fraction of sp³-hybridized carbons (Fsp3) is 0.600. The smallest absolute Gasteiger partial charge is 0.380 e. The van der Waals surface area contributed by atoms with E-state index in [-0.39, 0.29) is 11.1 Å². The van der Waals surface area contributed by atoms with Crippen molar-refractivity contribution in [3.8, 4) is 0 Å². The fourth-order valence-electron chi connectivity index (χ4n) is 3.10. The summed E-state index contributed by atoms with van der Waals surface area (Å²) in [6, 6.07) is 4.95. The van der Waals surface area contributed by atoms with Crippen LogP contribution in [0.3, 0.4) is 0 Å². The van der Waals surface area contributed by atoms with Gasteiger partial charge in [0.05, 0.1) is 16.3 Å². The van der Waals surface area contributed by atoms with Crippen molar-refractivity contribution >= 4 is 17.3 Å². The van der Waals surface area contributed by atoms with E-state index in [2.05, 4.69) is 17.1 Å². The molecule has 1 aliphatic carbocycles. The first-order chi connectivity index (χ1) is 9.84. The Balaban J connectivity index is 1.68. The number of alkyl halides is 3. The lowest BCUT2D eigenvalue weighted by Crippen LogP contribution is -2.31. The average molecular weight is 319 g/mol. The second-order valence-electron chi connectivity index (χ2n) is 6.05. The Morgan fingerprint density at radius 2 is 2.00 bits per heavy atom. The van der Waals surface area contributed by atoms with Crippen LogP contribution in [0, 0.1) is 0 Å². The molecule has 1 N–H and O–H groups in total. The molecule has 2 fully saturated rings. The highest BCUT2D eigenvalue weighted by Gasteiger charge is 2.39. The van der Waals surface area contributed by atoms with Gasteiger partial charge in [-0.3, -0.25) is 4.90 Å². The number of halogens is 4. The number of benzene rings is 1. The second kappa shape index (κ2) is 5.36. The average Bonchev–Trinajstić information content (AvgIpc) is 3.15. The van der Waals surface area contributed by atoms with Gasteiger partial charge in [-0.1, -0.05) is 11.6 Å². The Morgan fingerprint density at radius 1 is 1.29 bits per heavy atom. The largest absolute Gasteiger partial charge is 0.416 e. The lowest BCUT2D eigenvalue weighted by Gasteiger charge is -2.20. The van der Waals surface area contributed by atoms with Gasteiger partial charge in [0.25, 0.3) is 0 Å². The lowest BCUT2D eigenvalue weighted by atomic mass is 10.1. The molecule has 1 heterocycles. The highest BCUT2D eigenvalue weighted by atomic mass is 35.5. The molecule has 1 aliphatic heterocycles. The standard InChI is InChI=1S/C15H18ClF3N2/c1-9-6-11(8-21(9)12-3-4-12)20-14-5-2-10(7-13(14)16)15(17,18)19/h2,5,7,9,11-12,20H,3-4,6,8H2,1H3. The molecule has 2 aliphatic rings. The van der Waals surface area contributed by atoms with Gasteiger partial charge in [0.15, 0.2) is 0 Å². The van der Waals surface area contributed by atoms with E-state index < -0.39 is 11.7 Å². The van der Waals surface area contributed by atoms with Crippen molar-refractivity contribution in [1.82, 2.24) is 4.90 Å². The SMILES string of the molecule is CC1CC(Nc2ccc(C(F)(F)F)cc2Cl)CN1C1CC1. The van der Waals surface area contributed by atoms with E-state index in [9.17, 15) is 13.2 Å². The van der Waals surface area contributed by atoms with E-state index in [0.29, 0.717) is 17.8 Å². The van der Waals surface area contributed by atoms with Gasteiger partial charge >= 0.3 is 6.18 Å². The zero-order valence-corrected chi connectivity index (χ0v) is 12.5. The molecule has 0 spiro atoms. The van der Waals surface area contributed by atoms with Crippen LogP contribution in [0.5, 0.6) is 0 Å². The fourth-order valence-corrected chi connectivity index (χ4v) is 3.34. The van der Waals surface area contributed by atoms with Gasteiger partial charge < -0.3 is 5.32 Å². The maximum Gasteiger partial charge on any atom is 0.416 e. The maximum absolute atomic E-state index is 12.6. The molecule has 0 radical (unpaired) electrons. The van der Waals surface area contributed by atoms with Crippen LogP contribution in [-0.4, -0.2) is 29.6 Å². The number of hydrogen-bond donors (Lipinski definition) is 1. The molecule has 1 aromatic rings. The topological polar surface area (TPSA) is 15.3 Å². The summed E-state index contributed by atoms with van der Waals surface area (Å²) in [5.41, 5.74) is -0.128. The number of nitrogens with zero attached hydrogens (tertiary/aromatic N) is 1. The number of rotatable bonds is 3. The summed E-state index contributed by atoms with van der Waals surface area (Å²) in [6.07, 6.45) is -0.836. The molecule has 0 amide bonds. The summed E-state index contributed by atoms with van der Waals surface area (Å²) in [7, 11) is 0. The number of hydrogen-bond acceptors (Lipinski definition) is 2. The van der Waals surface area contributed by atoms with Crippen molar-refractivity contribution < 1.29 is 13.2 Å². The van der Waals surface area contributed by atoms with E-state index in [1.165, 1.54) is 18.9 Å².